The average Bonchev–Trinajstić information content (AvgIpc) is 2.96. The number of hydrogen-bond acceptors (Lipinski definition) is 4. The van der Waals surface area contributed by atoms with Gasteiger partial charge in [0.1, 0.15) is 11.4 Å². The first-order valence-electron chi connectivity index (χ1n) is 7.07. The Morgan fingerprint density at radius 2 is 2.09 bits per heavy atom. The minimum absolute atomic E-state index is 0.139. The van der Waals surface area contributed by atoms with Crippen molar-refractivity contribution in [1.82, 2.24) is 15.1 Å². The lowest BCUT2D eigenvalue weighted by Crippen LogP contribution is -2.50. The minimum Gasteiger partial charge on any atom is -0.367 e. The molecule has 0 bridgehead atoms. The number of rotatable bonds is 3. The van der Waals surface area contributed by atoms with Gasteiger partial charge in [0.15, 0.2) is 6.10 Å². The Morgan fingerprint density at radius 3 is 2.78 bits per heavy atom. The predicted molar refractivity (Wildman–Crippen MR) is 86.6 cm³/mol. The molecule has 1 aliphatic rings. The summed E-state index contributed by atoms with van der Waals surface area (Å²) in [5.41, 5.74) is 7.14. The van der Waals surface area contributed by atoms with Gasteiger partial charge in [0.2, 0.25) is 5.91 Å². The maximum absolute atomic E-state index is 12.7. The van der Waals surface area contributed by atoms with Gasteiger partial charge in [0, 0.05) is 12.1 Å². The quantitative estimate of drug-likeness (QED) is 0.836. The van der Waals surface area contributed by atoms with Crippen LogP contribution in [-0.2, 0) is 9.53 Å². The fourth-order valence-electron chi connectivity index (χ4n) is 2.42. The molecule has 2 heterocycles. The van der Waals surface area contributed by atoms with Gasteiger partial charge in [-0.3, -0.25) is 14.7 Å². The van der Waals surface area contributed by atoms with Crippen LogP contribution in [0.25, 0.3) is 11.3 Å². The number of benzene rings is 1. The van der Waals surface area contributed by atoms with Gasteiger partial charge in [0.25, 0.3) is 5.91 Å². The zero-order chi connectivity index (χ0) is 16.4. The molecule has 3 rings (SSSR count). The molecule has 1 fully saturated rings. The Labute approximate surface area is 140 Å². The smallest absolute Gasteiger partial charge is 0.273 e. The summed E-state index contributed by atoms with van der Waals surface area (Å²) in [6, 6.07) is 9.53. The fraction of sp³-hybridized carbons (Fsp3) is 0.267. The van der Waals surface area contributed by atoms with Gasteiger partial charge < -0.3 is 15.4 Å². The molecule has 8 heteroatoms. The summed E-state index contributed by atoms with van der Waals surface area (Å²) in [6.45, 7) is 0.811. The molecule has 7 nitrogen and oxygen atoms in total. The lowest BCUT2D eigenvalue weighted by Gasteiger charge is -2.31. The van der Waals surface area contributed by atoms with Gasteiger partial charge in [-0.25, -0.2) is 0 Å². The number of aromatic amines is 1. The molecule has 1 saturated heterocycles. The first-order chi connectivity index (χ1) is 11.1. The lowest BCUT2D eigenvalue weighted by molar-refractivity contribution is -0.133. The van der Waals surface area contributed by atoms with Gasteiger partial charge in [0.05, 0.1) is 17.6 Å². The third-order valence-electron chi connectivity index (χ3n) is 3.64. The van der Waals surface area contributed by atoms with Crippen LogP contribution in [0.3, 0.4) is 0 Å². The van der Waals surface area contributed by atoms with E-state index >= 15 is 0 Å². The maximum Gasteiger partial charge on any atom is 0.273 e. The lowest BCUT2D eigenvalue weighted by atomic mass is 10.1. The number of H-pyrrole nitrogens is 1. The number of carbonyl (C=O) groups excluding carboxylic acids is 2. The predicted octanol–water partition coefficient (Wildman–Crippen LogP) is 1.17. The van der Waals surface area contributed by atoms with Crippen LogP contribution < -0.4 is 5.73 Å². The van der Waals surface area contributed by atoms with Gasteiger partial charge in [-0.2, -0.15) is 5.10 Å². The number of carbonyl (C=O) groups is 2. The molecule has 0 aliphatic carbocycles. The Balaban J connectivity index is 1.83. The average molecular weight is 379 g/mol. The molecule has 2 aromatic rings. The summed E-state index contributed by atoms with van der Waals surface area (Å²) >= 11 is 3.44. The molecule has 1 aromatic carbocycles. The number of primary amides is 1. The van der Waals surface area contributed by atoms with Crippen LogP contribution in [0.2, 0.25) is 0 Å². The number of hydrogen-bond donors (Lipinski definition) is 2. The van der Waals surface area contributed by atoms with Crippen molar-refractivity contribution in [3.8, 4) is 11.3 Å². The van der Waals surface area contributed by atoms with Gasteiger partial charge in [-0.05, 0) is 15.9 Å². The standard InChI is InChI=1S/C15H15BrN4O3/c16-11-12(9-4-2-1-3-5-9)18-19-13(11)15(22)20-6-7-23-10(8-20)14(17)21/h1-5,10H,6-8H2,(H2,17,21)(H,18,19). The van der Waals surface area contributed by atoms with Gasteiger partial charge in [-0.1, -0.05) is 30.3 Å². The molecule has 2 amide bonds. The van der Waals surface area contributed by atoms with Crippen molar-refractivity contribution in [3.05, 3.63) is 40.5 Å². The van der Waals surface area contributed by atoms with Crippen molar-refractivity contribution >= 4 is 27.7 Å². The van der Waals surface area contributed by atoms with Crippen molar-refractivity contribution in [2.45, 2.75) is 6.10 Å². The second-order valence-corrected chi connectivity index (χ2v) is 5.93. The van der Waals surface area contributed by atoms with Crippen LogP contribution in [0.15, 0.2) is 34.8 Å². The summed E-state index contributed by atoms with van der Waals surface area (Å²) < 4.78 is 5.85. The molecule has 0 radical (unpaired) electrons. The molecular weight excluding hydrogens is 364 g/mol. The molecular formula is C15H15BrN4O3. The van der Waals surface area contributed by atoms with Crippen LogP contribution in [0.5, 0.6) is 0 Å². The third-order valence-corrected chi connectivity index (χ3v) is 4.41. The van der Waals surface area contributed by atoms with E-state index in [2.05, 4.69) is 26.1 Å². The number of halogens is 1. The summed E-state index contributed by atoms with van der Waals surface area (Å²) in [6.07, 6.45) is -0.775. The number of morpholine rings is 1. The highest BCUT2D eigenvalue weighted by Crippen LogP contribution is 2.29. The highest BCUT2D eigenvalue weighted by atomic mass is 79.9. The highest BCUT2D eigenvalue weighted by Gasteiger charge is 2.30. The minimum atomic E-state index is -0.775. The van der Waals surface area contributed by atoms with Gasteiger partial charge in [-0.15, -0.1) is 0 Å². The Hall–Kier alpha value is -2.19. The Kier molecular flexibility index (Phi) is 4.44. The largest absolute Gasteiger partial charge is 0.367 e. The molecule has 23 heavy (non-hydrogen) atoms. The summed E-state index contributed by atoms with van der Waals surface area (Å²) in [4.78, 5) is 25.4. The number of amides is 2. The number of ether oxygens (including phenoxy) is 1. The van der Waals surface area contributed by atoms with E-state index < -0.39 is 12.0 Å². The fourth-order valence-corrected chi connectivity index (χ4v) is 3.00. The monoisotopic (exact) mass is 378 g/mol. The molecule has 0 spiro atoms. The molecule has 1 aromatic heterocycles. The van der Waals surface area contributed by atoms with E-state index in [1.807, 2.05) is 30.3 Å². The first kappa shape index (κ1) is 15.7. The summed E-state index contributed by atoms with van der Waals surface area (Å²) in [7, 11) is 0. The van der Waals surface area contributed by atoms with Crippen LogP contribution >= 0.6 is 15.9 Å². The normalized spacial score (nSPS) is 18.0. The third kappa shape index (κ3) is 3.13. The van der Waals surface area contributed by atoms with E-state index in [9.17, 15) is 9.59 Å². The van der Waals surface area contributed by atoms with Crippen LogP contribution in [-0.4, -0.2) is 52.7 Å². The molecule has 1 atom stereocenters. The SMILES string of the molecule is NC(=O)C1CN(C(=O)c2[nH]nc(-c3ccccc3)c2Br)CCO1. The highest BCUT2D eigenvalue weighted by molar-refractivity contribution is 9.10. The van der Waals surface area contributed by atoms with Crippen LogP contribution in [0, 0.1) is 0 Å². The summed E-state index contributed by atoms with van der Waals surface area (Å²) in [5.74, 6) is -0.822. The zero-order valence-corrected chi connectivity index (χ0v) is 13.7. The van der Waals surface area contributed by atoms with Crippen molar-refractivity contribution < 1.29 is 14.3 Å². The molecule has 1 unspecified atom stereocenters. The van der Waals surface area contributed by atoms with E-state index in [0.717, 1.165) is 5.56 Å². The van der Waals surface area contributed by atoms with Crippen molar-refractivity contribution in [1.29, 1.82) is 0 Å². The summed E-state index contributed by atoms with van der Waals surface area (Å²) in [5, 5.41) is 6.98. The number of nitrogens with two attached hydrogens (primary N) is 1. The van der Waals surface area contributed by atoms with Gasteiger partial charge >= 0.3 is 0 Å². The topological polar surface area (TPSA) is 101 Å². The zero-order valence-electron chi connectivity index (χ0n) is 12.2. The number of nitrogens with zero attached hydrogens (tertiary/aromatic N) is 2. The van der Waals surface area contributed by atoms with E-state index in [1.165, 1.54) is 4.90 Å². The van der Waals surface area contributed by atoms with Crippen molar-refractivity contribution in [2.24, 2.45) is 5.73 Å². The Bertz CT molecular complexity index is 732. The number of aromatic nitrogens is 2. The maximum atomic E-state index is 12.7. The second-order valence-electron chi connectivity index (χ2n) is 5.14. The van der Waals surface area contributed by atoms with E-state index in [4.69, 9.17) is 10.5 Å². The van der Waals surface area contributed by atoms with Crippen molar-refractivity contribution in [2.75, 3.05) is 19.7 Å². The number of nitrogens with one attached hydrogen (secondary N) is 1. The molecule has 3 N–H and O–H groups in total. The van der Waals surface area contributed by atoms with Crippen LogP contribution in [0.4, 0.5) is 0 Å². The Morgan fingerprint density at radius 1 is 1.35 bits per heavy atom. The first-order valence-corrected chi connectivity index (χ1v) is 7.86. The van der Waals surface area contributed by atoms with E-state index in [1.54, 1.807) is 0 Å². The molecule has 0 saturated carbocycles. The van der Waals surface area contributed by atoms with E-state index in [-0.39, 0.29) is 19.1 Å². The van der Waals surface area contributed by atoms with Crippen LogP contribution in [0.1, 0.15) is 10.5 Å². The van der Waals surface area contributed by atoms with E-state index in [0.29, 0.717) is 22.4 Å². The second kappa shape index (κ2) is 6.51. The van der Waals surface area contributed by atoms with Crippen molar-refractivity contribution in [3.63, 3.8) is 0 Å². The molecule has 1 aliphatic heterocycles. The molecule has 120 valence electrons.